The van der Waals surface area contributed by atoms with Crippen LogP contribution in [0.3, 0.4) is 0 Å². The fraction of sp³-hybridized carbons (Fsp3) is 0.0714. The van der Waals surface area contributed by atoms with Crippen LogP contribution in [0.25, 0.3) is 75.6 Å². The molecule has 0 saturated heterocycles. The van der Waals surface area contributed by atoms with Crippen LogP contribution in [0.4, 0.5) is 0 Å². The minimum absolute atomic E-state index is 1.03. The first-order valence-corrected chi connectivity index (χ1v) is 16.4. The van der Waals surface area contributed by atoms with E-state index in [-0.39, 0.29) is 0 Å². The summed E-state index contributed by atoms with van der Waals surface area (Å²) in [5, 5.41) is 5.22. The quantitative estimate of drug-likeness (QED) is 0.198. The number of benzene rings is 5. The largest absolute Gasteiger partial charge is 0.309 e. The Hall–Kier alpha value is -5.25. The second-order valence-corrected chi connectivity index (χ2v) is 13.0. The van der Waals surface area contributed by atoms with Crippen molar-refractivity contribution < 1.29 is 0 Å². The van der Waals surface area contributed by atoms with Gasteiger partial charge in [-0.15, -0.1) is 11.3 Å². The third kappa shape index (κ3) is 4.27. The van der Waals surface area contributed by atoms with Gasteiger partial charge in [-0.2, -0.15) is 0 Å². The van der Waals surface area contributed by atoms with E-state index < -0.39 is 0 Å². The molecule has 1 aliphatic rings. The van der Waals surface area contributed by atoms with E-state index in [1.54, 1.807) is 0 Å². The Bertz CT molecular complexity index is 2470. The first-order chi connectivity index (χ1) is 22.2. The minimum Gasteiger partial charge on any atom is -0.309 e. The van der Waals surface area contributed by atoms with Crippen molar-refractivity contribution in [1.29, 1.82) is 0 Å². The van der Waals surface area contributed by atoms with Gasteiger partial charge in [-0.05, 0) is 84.5 Å². The lowest BCUT2D eigenvalue weighted by Gasteiger charge is -2.16. The Morgan fingerprint density at radius 1 is 0.622 bits per heavy atom. The van der Waals surface area contributed by atoms with Crippen LogP contribution in [0.1, 0.15) is 24.1 Å². The summed E-state index contributed by atoms with van der Waals surface area (Å²) in [4.78, 5) is 5.28. The molecule has 8 aromatic rings. The van der Waals surface area contributed by atoms with Crippen molar-refractivity contribution >= 4 is 58.9 Å². The molecule has 0 radical (unpaired) electrons. The first kappa shape index (κ1) is 26.2. The predicted octanol–water partition coefficient (Wildman–Crippen LogP) is 11.9. The second kappa shape index (κ2) is 10.4. The molecular formula is C42H30N2S. The Kier molecular flexibility index (Phi) is 6.07. The van der Waals surface area contributed by atoms with Crippen LogP contribution >= 0.6 is 11.3 Å². The summed E-state index contributed by atoms with van der Waals surface area (Å²) in [5.74, 6) is 0. The summed E-state index contributed by atoms with van der Waals surface area (Å²) in [6.45, 7) is 2.21. The molecule has 0 saturated carbocycles. The maximum atomic E-state index is 5.28. The van der Waals surface area contributed by atoms with Gasteiger partial charge >= 0.3 is 0 Å². The molecule has 3 heteroatoms. The van der Waals surface area contributed by atoms with Crippen molar-refractivity contribution in [3.05, 3.63) is 151 Å². The second-order valence-electron chi connectivity index (χ2n) is 11.9. The van der Waals surface area contributed by atoms with E-state index in [1.807, 2.05) is 11.3 Å². The van der Waals surface area contributed by atoms with E-state index >= 15 is 0 Å². The van der Waals surface area contributed by atoms with Gasteiger partial charge in [0, 0.05) is 42.2 Å². The van der Waals surface area contributed by atoms with E-state index in [0.29, 0.717) is 0 Å². The number of thiophene rings is 1. The van der Waals surface area contributed by atoms with Crippen LogP contribution in [0.5, 0.6) is 0 Å². The number of allylic oxidation sites excluding steroid dienone is 4. The average Bonchev–Trinajstić information content (AvgIpc) is 3.63. The molecule has 0 fully saturated rings. The molecule has 0 unspecified atom stereocenters. The van der Waals surface area contributed by atoms with Gasteiger partial charge in [0.2, 0.25) is 0 Å². The lowest BCUT2D eigenvalue weighted by atomic mass is 9.93. The molecule has 1 aliphatic carbocycles. The van der Waals surface area contributed by atoms with E-state index in [4.69, 9.17) is 4.98 Å². The third-order valence-electron chi connectivity index (χ3n) is 9.22. The highest BCUT2D eigenvalue weighted by atomic mass is 32.1. The van der Waals surface area contributed by atoms with Gasteiger partial charge in [-0.25, -0.2) is 4.98 Å². The molecule has 0 amide bonds. The SMILES string of the molecule is Cc1c(-c2ccccc2)cc(C2=CCCC=C2)nc1-c1ccc(-n2c3ccccc3c3cc4sc5ccccc5c4cc32)cc1. The molecular weight excluding hydrogens is 565 g/mol. The minimum atomic E-state index is 1.03. The monoisotopic (exact) mass is 594 g/mol. The summed E-state index contributed by atoms with van der Waals surface area (Å²) >= 11 is 1.88. The first-order valence-electron chi connectivity index (χ1n) is 15.6. The molecule has 0 N–H and O–H groups in total. The van der Waals surface area contributed by atoms with Crippen LogP contribution in [-0.2, 0) is 0 Å². The number of hydrogen-bond donors (Lipinski definition) is 0. The molecule has 3 aromatic heterocycles. The molecule has 214 valence electrons. The number of nitrogens with zero attached hydrogens (tertiary/aromatic N) is 2. The molecule has 2 nitrogen and oxygen atoms in total. The molecule has 45 heavy (non-hydrogen) atoms. The lowest BCUT2D eigenvalue weighted by Crippen LogP contribution is -1.99. The van der Waals surface area contributed by atoms with Crippen LogP contribution in [-0.4, -0.2) is 9.55 Å². The summed E-state index contributed by atoms with van der Waals surface area (Å²) in [6, 6.07) is 44.3. The van der Waals surface area contributed by atoms with Crippen LogP contribution < -0.4 is 0 Å². The topological polar surface area (TPSA) is 17.8 Å². The van der Waals surface area contributed by atoms with Gasteiger partial charge in [0.05, 0.1) is 22.4 Å². The third-order valence-corrected chi connectivity index (χ3v) is 10.4. The maximum Gasteiger partial charge on any atom is 0.0744 e. The van der Waals surface area contributed by atoms with Crippen molar-refractivity contribution in [2.45, 2.75) is 19.8 Å². The zero-order valence-electron chi connectivity index (χ0n) is 25.0. The molecule has 5 aromatic carbocycles. The van der Waals surface area contributed by atoms with Gasteiger partial charge < -0.3 is 4.57 Å². The number of aromatic nitrogens is 2. The summed E-state index contributed by atoms with van der Waals surface area (Å²) in [6.07, 6.45) is 8.93. The number of pyridine rings is 1. The number of fused-ring (bicyclic) bond motifs is 6. The van der Waals surface area contributed by atoms with Gasteiger partial charge in [0.25, 0.3) is 0 Å². The van der Waals surface area contributed by atoms with Crippen molar-refractivity contribution in [1.82, 2.24) is 9.55 Å². The molecule has 0 atom stereocenters. The Labute approximate surface area is 266 Å². The Morgan fingerprint density at radius 2 is 1.40 bits per heavy atom. The Balaban J connectivity index is 1.22. The average molecular weight is 595 g/mol. The fourth-order valence-electron chi connectivity index (χ4n) is 6.99. The number of hydrogen-bond acceptors (Lipinski definition) is 2. The molecule has 0 aliphatic heterocycles. The predicted molar refractivity (Wildman–Crippen MR) is 193 cm³/mol. The van der Waals surface area contributed by atoms with E-state index in [2.05, 4.69) is 151 Å². The summed E-state index contributed by atoms with van der Waals surface area (Å²) < 4.78 is 5.09. The Morgan fingerprint density at radius 3 is 2.22 bits per heavy atom. The van der Waals surface area contributed by atoms with Gasteiger partial charge in [-0.1, -0.05) is 97.1 Å². The highest BCUT2D eigenvalue weighted by Gasteiger charge is 2.18. The summed E-state index contributed by atoms with van der Waals surface area (Å²) in [7, 11) is 0. The zero-order valence-corrected chi connectivity index (χ0v) is 25.8. The van der Waals surface area contributed by atoms with E-state index in [0.717, 1.165) is 35.5 Å². The van der Waals surface area contributed by atoms with Crippen molar-refractivity contribution in [3.63, 3.8) is 0 Å². The standard InChI is InChI=1S/C42H30N2S/c1-27-34(28-12-4-2-5-13-28)24-37(29-14-6-3-7-15-29)43-42(27)30-20-22-31(23-21-30)44-38-18-10-8-16-32(38)35-26-41-36(25-39(35)44)33-17-9-11-19-40(33)45-41/h2,4-6,8-26H,3,7H2,1H3. The van der Waals surface area contributed by atoms with Crippen molar-refractivity contribution in [2.24, 2.45) is 0 Å². The molecule has 0 spiro atoms. The normalized spacial score (nSPS) is 13.3. The van der Waals surface area contributed by atoms with Crippen molar-refractivity contribution in [2.75, 3.05) is 0 Å². The summed E-state index contributed by atoms with van der Waals surface area (Å²) in [5.41, 5.74) is 11.6. The van der Waals surface area contributed by atoms with Gasteiger partial charge in [-0.3, -0.25) is 0 Å². The van der Waals surface area contributed by atoms with Gasteiger partial charge in [0.15, 0.2) is 0 Å². The lowest BCUT2D eigenvalue weighted by molar-refractivity contribution is 1.04. The highest BCUT2D eigenvalue weighted by Crippen LogP contribution is 2.41. The highest BCUT2D eigenvalue weighted by molar-refractivity contribution is 7.25. The van der Waals surface area contributed by atoms with Crippen LogP contribution in [0, 0.1) is 6.92 Å². The van der Waals surface area contributed by atoms with E-state index in [9.17, 15) is 0 Å². The molecule has 0 bridgehead atoms. The zero-order chi connectivity index (χ0) is 29.9. The van der Waals surface area contributed by atoms with Crippen LogP contribution in [0.15, 0.2) is 140 Å². The molecule has 3 heterocycles. The smallest absolute Gasteiger partial charge is 0.0744 e. The van der Waals surface area contributed by atoms with Crippen LogP contribution in [0.2, 0.25) is 0 Å². The molecule has 9 rings (SSSR count). The van der Waals surface area contributed by atoms with Gasteiger partial charge in [0.1, 0.15) is 0 Å². The van der Waals surface area contributed by atoms with E-state index in [1.165, 1.54) is 64.2 Å². The number of rotatable bonds is 4. The fourth-order valence-corrected chi connectivity index (χ4v) is 8.12. The maximum absolute atomic E-state index is 5.28. The van der Waals surface area contributed by atoms with Crippen molar-refractivity contribution in [3.8, 4) is 28.1 Å². The number of para-hydroxylation sites is 1.